The van der Waals surface area contributed by atoms with Gasteiger partial charge >= 0.3 is 5.97 Å². The van der Waals surface area contributed by atoms with Crippen LogP contribution in [-0.4, -0.2) is 41.0 Å². The Labute approximate surface area is 119 Å². The molecule has 3 N–H and O–H groups in total. The van der Waals surface area contributed by atoms with Crippen LogP contribution >= 0.6 is 23.1 Å². The number of amides is 1. The fourth-order valence-electron chi connectivity index (χ4n) is 1.09. The first kappa shape index (κ1) is 15.9. The number of rotatable bonds is 8. The number of nitrogens with zero attached hydrogens (tertiary/aromatic N) is 2. The van der Waals surface area contributed by atoms with Crippen molar-refractivity contribution in [1.29, 1.82) is 0 Å². The molecule has 19 heavy (non-hydrogen) atoms. The van der Waals surface area contributed by atoms with Crippen molar-refractivity contribution in [2.24, 2.45) is 5.73 Å². The third-order valence-electron chi connectivity index (χ3n) is 1.88. The highest BCUT2D eigenvalue weighted by molar-refractivity contribution is 8.01. The number of anilines is 1. The highest BCUT2D eigenvalue weighted by Gasteiger charge is 2.10. The number of nitrogens with two attached hydrogens (primary N) is 1. The maximum Gasteiger partial charge on any atom is 0.316 e. The van der Waals surface area contributed by atoms with Crippen molar-refractivity contribution < 1.29 is 14.3 Å². The van der Waals surface area contributed by atoms with Crippen molar-refractivity contribution in [3.8, 4) is 0 Å². The second-order valence-electron chi connectivity index (χ2n) is 3.41. The summed E-state index contributed by atoms with van der Waals surface area (Å²) in [5.74, 6) is -0.247. The van der Waals surface area contributed by atoms with Gasteiger partial charge in [0.1, 0.15) is 0 Å². The van der Waals surface area contributed by atoms with E-state index in [1.807, 2.05) is 0 Å². The normalized spacial score (nSPS) is 10.2. The predicted octanol–water partition coefficient (Wildman–Crippen LogP) is 0.871. The Bertz CT molecular complexity index is 425. The van der Waals surface area contributed by atoms with E-state index in [4.69, 9.17) is 10.5 Å². The van der Waals surface area contributed by atoms with Gasteiger partial charge in [0.2, 0.25) is 11.0 Å². The number of aromatic nitrogens is 2. The lowest BCUT2D eigenvalue weighted by atomic mass is 10.3. The number of nitrogens with one attached hydrogen (secondary N) is 1. The van der Waals surface area contributed by atoms with Crippen LogP contribution < -0.4 is 11.1 Å². The summed E-state index contributed by atoms with van der Waals surface area (Å²) in [5.41, 5.74) is 5.31. The Morgan fingerprint density at radius 3 is 2.95 bits per heavy atom. The van der Waals surface area contributed by atoms with Crippen LogP contribution in [0.5, 0.6) is 0 Å². The van der Waals surface area contributed by atoms with E-state index in [-0.39, 0.29) is 17.6 Å². The standard InChI is InChI=1S/C10H16N4O3S2/c1-2-17-8(16)6-18-10-14-13-9(19-10)12-7(15)4-3-5-11/h2-6,11H2,1H3,(H,12,13,15). The van der Waals surface area contributed by atoms with Gasteiger partial charge in [-0.1, -0.05) is 23.1 Å². The summed E-state index contributed by atoms with van der Waals surface area (Å²) < 4.78 is 5.41. The number of carbonyl (C=O) groups is 2. The molecule has 0 aliphatic rings. The van der Waals surface area contributed by atoms with Crippen molar-refractivity contribution in [3.05, 3.63) is 0 Å². The van der Waals surface area contributed by atoms with Crippen molar-refractivity contribution >= 4 is 40.1 Å². The number of thioether (sulfide) groups is 1. The lowest BCUT2D eigenvalue weighted by molar-refractivity contribution is -0.139. The Balaban J connectivity index is 2.35. The summed E-state index contributed by atoms with van der Waals surface area (Å²) in [4.78, 5) is 22.6. The molecule has 1 aromatic heterocycles. The molecular weight excluding hydrogens is 288 g/mol. The molecule has 0 radical (unpaired) electrons. The van der Waals surface area contributed by atoms with Gasteiger partial charge in [-0.3, -0.25) is 9.59 Å². The van der Waals surface area contributed by atoms with Gasteiger partial charge < -0.3 is 15.8 Å². The molecule has 0 bridgehead atoms. The number of hydrogen-bond donors (Lipinski definition) is 2. The highest BCUT2D eigenvalue weighted by Crippen LogP contribution is 2.25. The molecule has 0 saturated carbocycles. The molecular formula is C10H16N4O3S2. The molecule has 0 aromatic carbocycles. The fraction of sp³-hybridized carbons (Fsp3) is 0.600. The first-order chi connectivity index (χ1) is 9.15. The quantitative estimate of drug-likeness (QED) is 0.417. The zero-order valence-corrected chi connectivity index (χ0v) is 12.2. The molecule has 7 nitrogen and oxygen atoms in total. The summed E-state index contributed by atoms with van der Waals surface area (Å²) in [6.45, 7) is 2.59. The monoisotopic (exact) mass is 304 g/mol. The van der Waals surface area contributed by atoms with E-state index in [0.717, 1.165) is 0 Å². The van der Waals surface area contributed by atoms with Gasteiger partial charge in [0, 0.05) is 6.42 Å². The third-order valence-corrected chi connectivity index (χ3v) is 3.83. The topological polar surface area (TPSA) is 107 Å². The Hall–Kier alpha value is -1.19. The molecule has 0 aliphatic heterocycles. The van der Waals surface area contributed by atoms with Gasteiger partial charge in [0.25, 0.3) is 0 Å². The van der Waals surface area contributed by atoms with Gasteiger partial charge in [0.15, 0.2) is 4.34 Å². The molecule has 9 heteroatoms. The summed E-state index contributed by atoms with van der Waals surface area (Å²) in [6.07, 6.45) is 0.997. The highest BCUT2D eigenvalue weighted by atomic mass is 32.2. The summed E-state index contributed by atoms with van der Waals surface area (Å²) in [6, 6.07) is 0. The van der Waals surface area contributed by atoms with E-state index in [9.17, 15) is 9.59 Å². The molecule has 1 heterocycles. The molecule has 0 unspecified atom stereocenters. The smallest absolute Gasteiger partial charge is 0.316 e. The first-order valence-corrected chi connectivity index (χ1v) is 7.57. The number of esters is 1. The molecule has 1 amide bonds. The zero-order valence-electron chi connectivity index (χ0n) is 10.5. The molecule has 0 spiro atoms. The molecule has 0 aliphatic carbocycles. The summed E-state index contributed by atoms with van der Waals surface area (Å²) in [7, 11) is 0. The van der Waals surface area contributed by atoms with Crippen molar-refractivity contribution in [2.45, 2.75) is 24.1 Å². The largest absolute Gasteiger partial charge is 0.465 e. The number of ether oxygens (including phenoxy) is 1. The maximum atomic E-state index is 11.4. The van der Waals surface area contributed by atoms with Crippen molar-refractivity contribution in [1.82, 2.24) is 10.2 Å². The molecule has 0 saturated heterocycles. The lowest BCUT2D eigenvalue weighted by Crippen LogP contribution is -2.13. The van der Waals surface area contributed by atoms with Crippen LogP contribution in [0.4, 0.5) is 5.13 Å². The second-order valence-corrected chi connectivity index (χ2v) is 5.61. The van der Waals surface area contributed by atoms with Gasteiger partial charge in [-0.2, -0.15) is 0 Å². The minimum absolute atomic E-state index is 0.136. The van der Waals surface area contributed by atoms with Crippen molar-refractivity contribution in [2.75, 3.05) is 24.2 Å². The van der Waals surface area contributed by atoms with Crippen LogP contribution in [0.15, 0.2) is 4.34 Å². The molecule has 1 aromatic rings. The Kier molecular flexibility index (Phi) is 7.38. The number of carbonyl (C=O) groups excluding carboxylic acids is 2. The van der Waals surface area contributed by atoms with E-state index in [2.05, 4.69) is 15.5 Å². The molecule has 0 atom stereocenters. The van der Waals surface area contributed by atoms with Gasteiger partial charge in [-0.05, 0) is 19.9 Å². The van der Waals surface area contributed by atoms with Crippen LogP contribution in [0.1, 0.15) is 19.8 Å². The summed E-state index contributed by atoms with van der Waals surface area (Å²) >= 11 is 2.46. The summed E-state index contributed by atoms with van der Waals surface area (Å²) in [5, 5.41) is 10.7. The molecule has 1 rings (SSSR count). The van der Waals surface area contributed by atoms with Gasteiger partial charge in [-0.25, -0.2) is 0 Å². The Morgan fingerprint density at radius 2 is 2.26 bits per heavy atom. The van der Waals surface area contributed by atoms with E-state index in [0.29, 0.717) is 35.5 Å². The average molecular weight is 304 g/mol. The fourth-order valence-corrected chi connectivity index (χ4v) is 2.65. The first-order valence-electron chi connectivity index (χ1n) is 5.77. The van der Waals surface area contributed by atoms with Crippen LogP contribution in [0, 0.1) is 0 Å². The average Bonchev–Trinajstić information content (AvgIpc) is 2.82. The van der Waals surface area contributed by atoms with E-state index < -0.39 is 0 Å². The predicted molar refractivity (Wildman–Crippen MR) is 74.2 cm³/mol. The minimum atomic E-state index is -0.295. The Morgan fingerprint density at radius 1 is 1.47 bits per heavy atom. The van der Waals surface area contributed by atoms with Crippen LogP contribution in [0.2, 0.25) is 0 Å². The number of hydrogen-bond acceptors (Lipinski definition) is 8. The maximum absolute atomic E-state index is 11.4. The van der Waals surface area contributed by atoms with Gasteiger partial charge in [0.05, 0.1) is 12.4 Å². The minimum Gasteiger partial charge on any atom is -0.465 e. The molecule has 106 valence electrons. The molecule has 0 fully saturated rings. The van der Waals surface area contributed by atoms with E-state index >= 15 is 0 Å². The van der Waals surface area contributed by atoms with Crippen molar-refractivity contribution in [3.63, 3.8) is 0 Å². The SMILES string of the molecule is CCOC(=O)CSc1nnc(NC(=O)CCCN)s1. The van der Waals surface area contributed by atoms with E-state index in [1.165, 1.54) is 23.1 Å². The van der Waals surface area contributed by atoms with Gasteiger partial charge in [-0.15, -0.1) is 10.2 Å². The third kappa shape index (κ3) is 6.50. The second kappa shape index (κ2) is 8.83. The lowest BCUT2D eigenvalue weighted by Gasteiger charge is -1.99. The van der Waals surface area contributed by atoms with E-state index in [1.54, 1.807) is 6.92 Å². The van der Waals surface area contributed by atoms with Crippen LogP contribution in [0.3, 0.4) is 0 Å². The van der Waals surface area contributed by atoms with Crippen LogP contribution in [0.25, 0.3) is 0 Å². The van der Waals surface area contributed by atoms with Crippen LogP contribution in [-0.2, 0) is 14.3 Å². The zero-order chi connectivity index (χ0) is 14.1.